The van der Waals surface area contributed by atoms with Gasteiger partial charge in [0.15, 0.2) is 0 Å². The van der Waals surface area contributed by atoms with Gasteiger partial charge in [-0.3, -0.25) is 9.59 Å². The first-order valence-electron chi connectivity index (χ1n) is 6.13. The minimum absolute atomic E-state index is 0.130. The molecule has 0 aromatic carbocycles. The lowest BCUT2D eigenvalue weighted by atomic mass is 9.95. The summed E-state index contributed by atoms with van der Waals surface area (Å²) in [6, 6.07) is 0. The lowest BCUT2D eigenvalue weighted by Crippen LogP contribution is -2.38. The van der Waals surface area contributed by atoms with E-state index in [2.05, 4.69) is 4.90 Å². The largest absolute Gasteiger partial charge is 0.481 e. The standard InChI is InChI=1S/C12H22N2O3/c1-13(2)11(15)5-7-14-6-3-4-10(9-14)8-12(16)17/h10H,3-9H2,1-2H3,(H,16,17). The Morgan fingerprint density at radius 1 is 1.41 bits per heavy atom. The lowest BCUT2D eigenvalue weighted by Gasteiger charge is -2.32. The van der Waals surface area contributed by atoms with Crippen LogP contribution in [0, 0.1) is 5.92 Å². The molecule has 1 heterocycles. The van der Waals surface area contributed by atoms with Gasteiger partial charge in [0.2, 0.25) is 5.91 Å². The van der Waals surface area contributed by atoms with Crippen molar-refractivity contribution in [2.24, 2.45) is 5.92 Å². The summed E-state index contributed by atoms with van der Waals surface area (Å²) in [6.07, 6.45) is 2.80. The van der Waals surface area contributed by atoms with Crippen molar-refractivity contribution >= 4 is 11.9 Å². The molecule has 17 heavy (non-hydrogen) atoms. The third-order valence-corrected chi connectivity index (χ3v) is 3.21. The summed E-state index contributed by atoms with van der Waals surface area (Å²) in [5.74, 6) is -0.345. The number of carbonyl (C=O) groups is 2. The smallest absolute Gasteiger partial charge is 0.303 e. The predicted molar refractivity (Wildman–Crippen MR) is 64.7 cm³/mol. The molecule has 98 valence electrons. The molecular formula is C12H22N2O3. The van der Waals surface area contributed by atoms with E-state index in [-0.39, 0.29) is 18.2 Å². The Morgan fingerprint density at radius 3 is 2.71 bits per heavy atom. The van der Waals surface area contributed by atoms with Crippen molar-refractivity contribution in [2.75, 3.05) is 33.7 Å². The molecule has 0 radical (unpaired) electrons. The Kier molecular flexibility index (Phi) is 5.41. The summed E-state index contributed by atoms with van der Waals surface area (Å²) in [4.78, 5) is 25.9. The highest BCUT2D eigenvalue weighted by Gasteiger charge is 2.22. The highest BCUT2D eigenvalue weighted by molar-refractivity contribution is 5.75. The topological polar surface area (TPSA) is 60.9 Å². The van der Waals surface area contributed by atoms with Gasteiger partial charge in [-0.2, -0.15) is 0 Å². The Morgan fingerprint density at radius 2 is 2.12 bits per heavy atom. The summed E-state index contributed by atoms with van der Waals surface area (Å²) in [7, 11) is 3.51. The van der Waals surface area contributed by atoms with Gasteiger partial charge in [-0.05, 0) is 25.3 Å². The van der Waals surface area contributed by atoms with Crippen molar-refractivity contribution in [1.82, 2.24) is 9.80 Å². The molecule has 0 aliphatic carbocycles. The fourth-order valence-corrected chi connectivity index (χ4v) is 2.25. The van der Waals surface area contributed by atoms with E-state index in [0.29, 0.717) is 6.42 Å². The molecule has 1 atom stereocenters. The molecule has 1 saturated heterocycles. The lowest BCUT2D eigenvalue weighted by molar-refractivity contribution is -0.138. The predicted octanol–water partition coefficient (Wildman–Crippen LogP) is 0.651. The zero-order chi connectivity index (χ0) is 12.8. The molecule has 5 heteroatoms. The molecular weight excluding hydrogens is 220 g/mol. The van der Waals surface area contributed by atoms with E-state index >= 15 is 0 Å². The van der Waals surface area contributed by atoms with Gasteiger partial charge < -0.3 is 14.9 Å². The molecule has 5 nitrogen and oxygen atoms in total. The van der Waals surface area contributed by atoms with Crippen LogP contribution in [0.25, 0.3) is 0 Å². The molecule has 1 unspecified atom stereocenters. The minimum Gasteiger partial charge on any atom is -0.481 e. The van der Waals surface area contributed by atoms with Crippen molar-refractivity contribution in [3.63, 3.8) is 0 Å². The molecule has 0 spiro atoms. The molecule has 0 aromatic rings. The van der Waals surface area contributed by atoms with E-state index < -0.39 is 5.97 Å². The van der Waals surface area contributed by atoms with E-state index in [1.54, 1.807) is 19.0 Å². The van der Waals surface area contributed by atoms with E-state index in [4.69, 9.17) is 5.11 Å². The first-order valence-corrected chi connectivity index (χ1v) is 6.13. The fourth-order valence-electron chi connectivity index (χ4n) is 2.25. The van der Waals surface area contributed by atoms with Gasteiger partial charge in [-0.25, -0.2) is 0 Å². The van der Waals surface area contributed by atoms with Crippen molar-refractivity contribution < 1.29 is 14.7 Å². The van der Waals surface area contributed by atoms with Crippen LogP contribution in [0.1, 0.15) is 25.7 Å². The first-order chi connectivity index (χ1) is 7.99. The quantitative estimate of drug-likeness (QED) is 0.769. The van der Waals surface area contributed by atoms with E-state index in [0.717, 1.165) is 32.5 Å². The Bertz CT molecular complexity index is 279. The summed E-state index contributed by atoms with van der Waals surface area (Å²) in [5.41, 5.74) is 0. The zero-order valence-corrected chi connectivity index (χ0v) is 10.7. The van der Waals surface area contributed by atoms with Gasteiger partial charge in [-0.15, -0.1) is 0 Å². The van der Waals surface area contributed by atoms with Gasteiger partial charge >= 0.3 is 5.97 Å². The van der Waals surface area contributed by atoms with Gasteiger partial charge in [0.05, 0.1) is 0 Å². The normalized spacial score (nSPS) is 21.2. The van der Waals surface area contributed by atoms with E-state index in [1.165, 1.54) is 0 Å². The number of aliphatic carboxylic acids is 1. The van der Waals surface area contributed by atoms with Crippen LogP contribution in [0.5, 0.6) is 0 Å². The van der Waals surface area contributed by atoms with Crippen LogP contribution in [-0.2, 0) is 9.59 Å². The van der Waals surface area contributed by atoms with Gasteiger partial charge in [0, 0.05) is 40.0 Å². The fraction of sp³-hybridized carbons (Fsp3) is 0.833. The number of piperidine rings is 1. The Hall–Kier alpha value is -1.10. The molecule has 0 bridgehead atoms. The molecule has 1 rings (SSSR count). The highest BCUT2D eigenvalue weighted by Crippen LogP contribution is 2.19. The molecule has 1 fully saturated rings. The summed E-state index contributed by atoms with van der Waals surface area (Å²) in [6.45, 7) is 2.54. The van der Waals surface area contributed by atoms with Crippen molar-refractivity contribution in [2.45, 2.75) is 25.7 Å². The van der Waals surface area contributed by atoms with Crippen LogP contribution >= 0.6 is 0 Å². The molecule has 0 saturated carbocycles. The van der Waals surface area contributed by atoms with Gasteiger partial charge in [0.25, 0.3) is 0 Å². The summed E-state index contributed by atoms with van der Waals surface area (Å²) >= 11 is 0. The second-order valence-corrected chi connectivity index (χ2v) is 4.94. The second-order valence-electron chi connectivity index (χ2n) is 4.94. The number of carbonyl (C=O) groups excluding carboxylic acids is 1. The number of rotatable bonds is 5. The average molecular weight is 242 g/mol. The average Bonchev–Trinajstić information content (AvgIpc) is 2.25. The van der Waals surface area contributed by atoms with Crippen molar-refractivity contribution in [3.05, 3.63) is 0 Å². The van der Waals surface area contributed by atoms with Crippen molar-refractivity contribution in [3.8, 4) is 0 Å². The molecule has 1 aliphatic rings. The van der Waals surface area contributed by atoms with Crippen LogP contribution in [-0.4, -0.2) is 60.5 Å². The minimum atomic E-state index is -0.721. The number of hydrogen-bond acceptors (Lipinski definition) is 3. The third kappa shape index (κ3) is 5.17. The van der Waals surface area contributed by atoms with Crippen LogP contribution in [0.15, 0.2) is 0 Å². The third-order valence-electron chi connectivity index (χ3n) is 3.21. The maximum Gasteiger partial charge on any atom is 0.303 e. The maximum absolute atomic E-state index is 11.4. The number of likely N-dealkylation sites (tertiary alicyclic amines) is 1. The highest BCUT2D eigenvalue weighted by atomic mass is 16.4. The molecule has 1 N–H and O–H groups in total. The number of carboxylic acids is 1. The summed E-state index contributed by atoms with van der Waals surface area (Å²) in [5, 5.41) is 8.76. The van der Waals surface area contributed by atoms with E-state index in [1.807, 2.05) is 0 Å². The molecule has 0 aromatic heterocycles. The Labute approximate surface area is 102 Å². The van der Waals surface area contributed by atoms with Crippen LogP contribution in [0.3, 0.4) is 0 Å². The number of nitrogens with zero attached hydrogens (tertiary/aromatic N) is 2. The first kappa shape index (κ1) is 14.0. The molecule has 1 amide bonds. The van der Waals surface area contributed by atoms with Crippen molar-refractivity contribution in [1.29, 1.82) is 0 Å². The van der Waals surface area contributed by atoms with Crippen LogP contribution < -0.4 is 0 Å². The Balaban J connectivity index is 2.29. The van der Waals surface area contributed by atoms with Crippen LogP contribution in [0.2, 0.25) is 0 Å². The van der Waals surface area contributed by atoms with Crippen LogP contribution in [0.4, 0.5) is 0 Å². The maximum atomic E-state index is 11.4. The summed E-state index contributed by atoms with van der Waals surface area (Å²) < 4.78 is 0. The van der Waals surface area contributed by atoms with E-state index in [9.17, 15) is 9.59 Å². The monoisotopic (exact) mass is 242 g/mol. The molecule has 1 aliphatic heterocycles. The zero-order valence-electron chi connectivity index (χ0n) is 10.7. The SMILES string of the molecule is CN(C)C(=O)CCN1CCCC(CC(=O)O)C1. The number of hydrogen-bond donors (Lipinski definition) is 1. The number of amides is 1. The second kappa shape index (κ2) is 6.59. The van der Waals surface area contributed by atoms with Gasteiger partial charge in [0.1, 0.15) is 0 Å². The van der Waals surface area contributed by atoms with Gasteiger partial charge in [-0.1, -0.05) is 0 Å². The number of carboxylic acid groups (broad SMARTS) is 1.